The Balaban J connectivity index is 1.63. The fraction of sp³-hybridized carbons (Fsp3) is 0.889. The number of rotatable bonds is 6. The molecule has 2 heterocycles. The largest absolute Gasteiger partial charge is 0.352 e. The molecule has 140 valence electrons. The van der Waals surface area contributed by atoms with Crippen LogP contribution in [-0.2, 0) is 4.79 Å². The van der Waals surface area contributed by atoms with Crippen molar-refractivity contribution in [1.82, 2.24) is 30.4 Å². The Kier molecular flexibility index (Phi) is 6.39. The second-order valence-corrected chi connectivity index (χ2v) is 7.60. The van der Waals surface area contributed by atoms with Gasteiger partial charge in [0.25, 0.3) is 0 Å². The maximum absolute atomic E-state index is 11.9. The third-order valence-corrected chi connectivity index (χ3v) is 5.66. The summed E-state index contributed by atoms with van der Waals surface area (Å²) < 4.78 is 2.07. The first kappa shape index (κ1) is 18.3. The summed E-state index contributed by atoms with van der Waals surface area (Å²) in [5.74, 6) is 1.15. The van der Waals surface area contributed by atoms with Crippen molar-refractivity contribution in [2.75, 3.05) is 13.1 Å². The van der Waals surface area contributed by atoms with Crippen LogP contribution in [0.3, 0.4) is 0 Å². The van der Waals surface area contributed by atoms with Crippen LogP contribution in [0, 0.1) is 0 Å². The predicted octanol–water partition coefficient (Wildman–Crippen LogP) is 2.62. The van der Waals surface area contributed by atoms with Gasteiger partial charge in [-0.3, -0.25) is 9.69 Å². The molecule has 2 fully saturated rings. The Bertz CT molecular complexity index is 554. The van der Waals surface area contributed by atoms with Gasteiger partial charge in [0.05, 0.1) is 12.1 Å². The van der Waals surface area contributed by atoms with Crippen molar-refractivity contribution in [3.05, 3.63) is 5.82 Å². The molecule has 1 amide bonds. The third kappa shape index (κ3) is 4.57. The minimum Gasteiger partial charge on any atom is -0.352 e. The first-order valence-electron chi connectivity index (χ1n) is 10.00. The quantitative estimate of drug-likeness (QED) is 0.855. The highest BCUT2D eigenvalue weighted by Crippen LogP contribution is 2.31. The average molecular weight is 348 g/mol. The zero-order valence-corrected chi connectivity index (χ0v) is 15.7. The van der Waals surface area contributed by atoms with Crippen molar-refractivity contribution >= 4 is 5.91 Å². The van der Waals surface area contributed by atoms with Crippen molar-refractivity contribution in [2.45, 2.75) is 89.8 Å². The van der Waals surface area contributed by atoms with Crippen LogP contribution in [0.2, 0.25) is 0 Å². The number of carbonyl (C=O) groups is 1. The van der Waals surface area contributed by atoms with Gasteiger partial charge >= 0.3 is 0 Å². The van der Waals surface area contributed by atoms with E-state index in [2.05, 4.69) is 37.3 Å². The van der Waals surface area contributed by atoms with Crippen molar-refractivity contribution in [2.24, 2.45) is 0 Å². The van der Waals surface area contributed by atoms with E-state index in [4.69, 9.17) is 0 Å². The predicted molar refractivity (Wildman–Crippen MR) is 96.0 cm³/mol. The van der Waals surface area contributed by atoms with Crippen molar-refractivity contribution in [3.63, 3.8) is 0 Å². The molecule has 1 aromatic rings. The highest BCUT2D eigenvalue weighted by atomic mass is 16.1. The molecule has 1 saturated carbocycles. The second kappa shape index (κ2) is 8.74. The maximum Gasteiger partial charge on any atom is 0.220 e. The van der Waals surface area contributed by atoms with E-state index in [0.717, 1.165) is 38.2 Å². The van der Waals surface area contributed by atoms with E-state index in [-0.39, 0.29) is 18.0 Å². The van der Waals surface area contributed by atoms with Crippen LogP contribution in [0.25, 0.3) is 0 Å². The number of nitrogens with zero attached hydrogens (tertiary/aromatic N) is 5. The van der Waals surface area contributed by atoms with Crippen LogP contribution in [0.4, 0.5) is 0 Å². The zero-order chi connectivity index (χ0) is 17.6. The van der Waals surface area contributed by atoms with E-state index in [1.807, 2.05) is 6.92 Å². The molecular weight excluding hydrogens is 316 g/mol. The van der Waals surface area contributed by atoms with E-state index in [9.17, 15) is 4.79 Å². The summed E-state index contributed by atoms with van der Waals surface area (Å²) in [4.78, 5) is 14.3. The fourth-order valence-corrected chi connectivity index (χ4v) is 4.23. The second-order valence-electron chi connectivity index (χ2n) is 7.60. The number of amides is 1. The SMILES string of the molecule is CCCC(=O)N[C@H]1CCCN([C@@H](C)c2nnnn2C2CCCCC2)C1. The molecular formula is C18H32N6O. The summed E-state index contributed by atoms with van der Waals surface area (Å²) in [6.07, 6.45) is 9.91. The molecule has 7 nitrogen and oxygen atoms in total. The van der Waals surface area contributed by atoms with Crippen LogP contribution >= 0.6 is 0 Å². The van der Waals surface area contributed by atoms with Gasteiger partial charge in [0.15, 0.2) is 5.82 Å². The van der Waals surface area contributed by atoms with Crippen molar-refractivity contribution in [3.8, 4) is 0 Å². The van der Waals surface area contributed by atoms with Gasteiger partial charge in [0.2, 0.25) is 5.91 Å². The Labute approximate surface area is 150 Å². The van der Waals surface area contributed by atoms with Gasteiger partial charge in [-0.25, -0.2) is 4.68 Å². The standard InChI is InChI=1S/C18H32N6O/c1-3-8-17(25)19-15-9-7-12-23(13-15)14(2)18-20-21-22-24(18)16-10-5-4-6-11-16/h14-16H,3-13H2,1-2H3,(H,19,25)/t14-,15-/m0/s1. The van der Waals surface area contributed by atoms with Crippen molar-refractivity contribution in [1.29, 1.82) is 0 Å². The summed E-state index contributed by atoms with van der Waals surface area (Å²) in [7, 11) is 0. The number of piperidine rings is 1. The smallest absolute Gasteiger partial charge is 0.220 e. The fourth-order valence-electron chi connectivity index (χ4n) is 4.23. The van der Waals surface area contributed by atoms with E-state index in [1.54, 1.807) is 0 Å². The van der Waals surface area contributed by atoms with Crippen LogP contribution in [0.15, 0.2) is 0 Å². The molecule has 0 bridgehead atoms. The van der Waals surface area contributed by atoms with Gasteiger partial charge < -0.3 is 5.32 Å². The number of hydrogen-bond acceptors (Lipinski definition) is 5. The normalized spacial score (nSPS) is 24.2. The number of hydrogen-bond donors (Lipinski definition) is 1. The first-order chi connectivity index (χ1) is 12.2. The minimum absolute atomic E-state index is 0.175. The zero-order valence-electron chi connectivity index (χ0n) is 15.7. The number of tetrazole rings is 1. The number of likely N-dealkylation sites (tertiary alicyclic amines) is 1. The van der Waals surface area contributed by atoms with E-state index in [0.29, 0.717) is 12.5 Å². The van der Waals surface area contributed by atoms with Crippen LogP contribution < -0.4 is 5.32 Å². The highest BCUT2D eigenvalue weighted by Gasteiger charge is 2.30. The lowest BCUT2D eigenvalue weighted by Crippen LogP contribution is -2.48. The monoisotopic (exact) mass is 348 g/mol. The summed E-state index contributed by atoms with van der Waals surface area (Å²) in [6.45, 7) is 6.16. The molecule has 2 aliphatic rings. The first-order valence-corrected chi connectivity index (χ1v) is 10.00. The van der Waals surface area contributed by atoms with Crippen LogP contribution in [-0.4, -0.2) is 50.1 Å². The molecule has 0 aromatic carbocycles. The summed E-state index contributed by atoms with van der Waals surface area (Å²) in [5.41, 5.74) is 0. The lowest BCUT2D eigenvalue weighted by atomic mass is 9.95. The molecule has 1 saturated heterocycles. The summed E-state index contributed by atoms with van der Waals surface area (Å²) in [6, 6.07) is 0.878. The van der Waals surface area contributed by atoms with Gasteiger partial charge in [0, 0.05) is 19.0 Å². The molecule has 25 heavy (non-hydrogen) atoms. The number of nitrogens with one attached hydrogen (secondary N) is 1. The average Bonchev–Trinajstić information content (AvgIpc) is 3.12. The van der Waals surface area contributed by atoms with Crippen LogP contribution in [0.1, 0.15) is 89.5 Å². The van der Waals surface area contributed by atoms with Crippen LogP contribution in [0.5, 0.6) is 0 Å². The molecule has 1 aliphatic carbocycles. The lowest BCUT2D eigenvalue weighted by molar-refractivity contribution is -0.122. The van der Waals surface area contributed by atoms with Gasteiger partial charge in [-0.05, 0) is 56.0 Å². The number of carbonyl (C=O) groups excluding carboxylic acids is 1. The number of aromatic nitrogens is 4. The van der Waals surface area contributed by atoms with Gasteiger partial charge in [-0.15, -0.1) is 5.10 Å². The Morgan fingerprint density at radius 3 is 2.80 bits per heavy atom. The molecule has 1 aliphatic heterocycles. The summed E-state index contributed by atoms with van der Waals surface area (Å²) in [5, 5.41) is 15.8. The van der Waals surface area contributed by atoms with E-state index < -0.39 is 0 Å². The molecule has 0 spiro atoms. The van der Waals surface area contributed by atoms with Gasteiger partial charge in [-0.2, -0.15) is 0 Å². The Hall–Kier alpha value is -1.50. The maximum atomic E-state index is 11.9. The molecule has 1 aromatic heterocycles. The molecule has 7 heteroatoms. The molecule has 3 rings (SSSR count). The molecule has 0 unspecified atom stereocenters. The highest BCUT2D eigenvalue weighted by molar-refractivity contribution is 5.76. The summed E-state index contributed by atoms with van der Waals surface area (Å²) >= 11 is 0. The third-order valence-electron chi connectivity index (χ3n) is 5.66. The van der Waals surface area contributed by atoms with E-state index in [1.165, 1.54) is 32.1 Å². The topological polar surface area (TPSA) is 75.9 Å². The van der Waals surface area contributed by atoms with Gasteiger partial charge in [-0.1, -0.05) is 26.2 Å². The molecule has 0 radical (unpaired) electrons. The lowest BCUT2D eigenvalue weighted by Gasteiger charge is -2.37. The Morgan fingerprint density at radius 2 is 2.04 bits per heavy atom. The van der Waals surface area contributed by atoms with Gasteiger partial charge in [0.1, 0.15) is 0 Å². The van der Waals surface area contributed by atoms with E-state index >= 15 is 0 Å². The molecule has 2 atom stereocenters. The minimum atomic E-state index is 0.175. The van der Waals surface area contributed by atoms with Crippen molar-refractivity contribution < 1.29 is 4.79 Å². The Morgan fingerprint density at radius 1 is 1.24 bits per heavy atom. The molecule has 1 N–H and O–H groups in total.